The van der Waals surface area contributed by atoms with Crippen molar-refractivity contribution in [3.05, 3.63) is 18.3 Å². The van der Waals surface area contributed by atoms with Crippen LogP contribution in [0.4, 0.5) is 5.82 Å². The fourth-order valence-corrected chi connectivity index (χ4v) is 3.55. The minimum Gasteiger partial charge on any atom is -0.308 e. The molecule has 0 saturated carbocycles. The van der Waals surface area contributed by atoms with Crippen LogP contribution in [0.2, 0.25) is 0 Å². The summed E-state index contributed by atoms with van der Waals surface area (Å²) in [5.74, 6) is 7.50. The molecule has 0 saturated heterocycles. The first-order chi connectivity index (χ1) is 8.99. The molecule has 1 unspecified atom stereocenters. The van der Waals surface area contributed by atoms with Gasteiger partial charge in [-0.1, -0.05) is 6.92 Å². The van der Waals surface area contributed by atoms with E-state index in [2.05, 4.69) is 22.1 Å². The Kier molecular flexibility index (Phi) is 6.56. The maximum absolute atomic E-state index is 12.1. The molecular formula is C11H20N4O2S2. The number of thioether (sulfide) groups is 1. The molecule has 1 aromatic heterocycles. The number of nitrogens with one attached hydrogen (secondary N) is 2. The second-order valence-electron chi connectivity index (χ2n) is 4.03. The summed E-state index contributed by atoms with van der Waals surface area (Å²) in [5, 5.41) is 0. The van der Waals surface area contributed by atoms with Crippen LogP contribution in [-0.2, 0) is 10.0 Å². The first kappa shape index (κ1) is 16.2. The van der Waals surface area contributed by atoms with Crippen LogP contribution in [0.25, 0.3) is 0 Å². The van der Waals surface area contributed by atoms with Gasteiger partial charge >= 0.3 is 0 Å². The molecule has 1 atom stereocenters. The minimum absolute atomic E-state index is 0.105. The summed E-state index contributed by atoms with van der Waals surface area (Å²) in [6, 6.07) is 2.73. The van der Waals surface area contributed by atoms with Gasteiger partial charge in [-0.15, -0.1) is 0 Å². The molecular weight excluding hydrogens is 284 g/mol. The fraction of sp³-hybridized carbons (Fsp3) is 0.545. The van der Waals surface area contributed by atoms with E-state index in [4.69, 9.17) is 5.84 Å². The highest BCUT2D eigenvalue weighted by Crippen LogP contribution is 2.13. The summed E-state index contributed by atoms with van der Waals surface area (Å²) >= 11 is 1.79. The Morgan fingerprint density at radius 3 is 2.89 bits per heavy atom. The molecule has 0 aliphatic carbocycles. The highest BCUT2D eigenvalue weighted by atomic mass is 32.2. The lowest BCUT2D eigenvalue weighted by atomic mass is 10.3. The van der Waals surface area contributed by atoms with Crippen LogP contribution in [-0.4, -0.2) is 30.9 Å². The molecule has 1 heterocycles. The van der Waals surface area contributed by atoms with Crippen molar-refractivity contribution < 1.29 is 8.42 Å². The summed E-state index contributed by atoms with van der Waals surface area (Å²) in [6.07, 6.45) is 2.20. The Balaban J connectivity index is 2.69. The van der Waals surface area contributed by atoms with E-state index in [1.807, 2.05) is 6.92 Å². The third-order valence-electron chi connectivity index (χ3n) is 2.45. The number of nitrogens with zero attached hydrogens (tertiary/aromatic N) is 1. The molecule has 0 amide bonds. The molecule has 0 radical (unpaired) electrons. The normalized spacial score (nSPS) is 13.2. The maximum Gasteiger partial charge on any atom is 0.240 e. The number of sulfonamides is 1. The lowest BCUT2D eigenvalue weighted by molar-refractivity contribution is 0.557. The first-order valence-corrected chi connectivity index (χ1v) is 8.66. The first-order valence-electron chi connectivity index (χ1n) is 6.02. The number of nitrogens with two attached hydrogens (primary N) is 1. The van der Waals surface area contributed by atoms with E-state index in [1.165, 1.54) is 18.3 Å². The summed E-state index contributed by atoms with van der Waals surface area (Å²) in [7, 11) is -3.52. The van der Waals surface area contributed by atoms with Gasteiger partial charge in [-0.2, -0.15) is 11.8 Å². The summed E-state index contributed by atoms with van der Waals surface area (Å²) in [5.41, 5.74) is 2.33. The van der Waals surface area contributed by atoms with Crippen molar-refractivity contribution in [2.45, 2.75) is 31.2 Å². The van der Waals surface area contributed by atoms with Crippen molar-refractivity contribution in [1.82, 2.24) is 9.71 Å². The smallest absolute Gasteiger partial charge is 0.240 e. The van der Waals surface area contributed by atoms with Crippen LogP contribution in [0.3, 0.4) is 0 Å². The molecule has 19 heavy (non-hydrogen) atoms. The van der Waals surface area contributed by atoms with Gasteiger partial charge in [0.25, 0.3) is 0 Å². The van der Waals surface area contributed by atoms with Gasteiger partial charge in [-0.25, -0.2) is 24.0 Å². The lowest BCUT2D eigenvalue weighted by Crippen LogP contribution is -2.33. The Hall–Kier alpha value is -0.830. The number of nitrogen functional groups attached to an aromatic ring is 1. The number of rotatable bonds is 8. The number of hydrogen-bond acceptors (Lipinski definition) is 6. The van der Waals surface area contributed by atoms with Crippen LogP contribution in [0.5, 0.6) is 0 Å². The predicted molar refractivity (Wildman–Crippen MR) is 79.4 cm³/mol. The van der Waals surface area contributed by atoms with Crippen LogP contribution < -0.4 is 16.0 Å². The van der Waals surface area contributed by atoms with Crippen LogP contribution >= 0.6 is 11.8 Å². The number of aromatic nitrogens is 1. The topological polar surface area (TPSA) is 97.1 Å². The summed E-state index contributed by atoms with van der Waals surface area (Å²) in [4.78, 5) is 4.04. The minimum atomic E-state index is -3.52. The standard InChI is InChI=1S/C11H20N4O2S2/c1-3-18-7-5-9(2)15-19(16,17)10-4-6-13-11(8-10)14-12/h4,6,8-9,15H,3,5,7,12H2,1-2H3,(H,13,14). The van der Waals surface area contributed by atoms with Gasteiger partial charge in [0.05, 0.1) is 4.90 Å². The van der Waals surface area contributed by atoms with Gasteiger partial charge in [0.1, 0.15) is 5.82 Å². The van der Waals surface area contributed by atoms with E-state index in [0.717, 1.165) is 17.9 Å². The average molecular weight is 304 g/mol. The molecule has 0 aliphatic rings. The zero-order chi connectivity index (χ0) is 14.3. The zero-order valence-corrected chi connectivity index (χ0v) is 12.7. The Morgan fingerprint density at radius 1 is 1.53 bits per heavy atom. The monoisotopic (exact) mass is 304 g/mol. The maximum atomic E-state index is 12.1. The second-order valence-corrected chi connectivity index (χ2v) is 7.14. The van der Waals surface area contributed by atoms with Crippen molar-refractivity contribution in [2.24, 2.45) is 5.84 Å². The van der Waals surface area contributed by atoms with Crippen LogP contribution in [0.1, 0.15) is 20.3 Å². The molecule has 0 spiro atoms. The molecule has 6 nitrogen and oxygen atoms in total. The van der Waals surface area contributed by atoms with Gasteiger partial charge in [-0.3, -0.25) is 0 Å². The van der Waals surface area contributed by atoms with E-state index in [1.54, 1.807) is 11.8 Å². The van der Waals surface area contributed by atoms with E-state index in [-0.39, 0.29) is 10.9 Å². The number of anilines is 1. The third-order valence-corrected chi connectivity index (χ3v) is 4.97. The second kappa shape index (κ2) is 7.68. The molecule has 0 aliphatic heterocycles. The molecule has 4 N–H and O–H groups in total. The predicted octanol–water partition coefficient (Wildman–Crippen LogP) is 1.18. The molecule has 1 rings (SSSR count). The van der Waals surface area contributed by atoms with E-state index in [9.17, 15) is 8.42 Å². The molecule has 0 bridgehead atoms. The third kappa shape index (κ3) is 5.35. The molecule has 108 valence electrons. The molecule has 8 heteroatoms. The van der Waals surface area contributed by atoms with Gasteiger partial charge in [-0.05, 0) is 30.9 Å². The van der Waals surface area contributed by atoms with Crippen molar-refractivity contribution in [3.63, 3.8) is 0 Å². The highest BCUT2D eigenvalue weighted by molar-refractivity contribution is 7.99. The quantitative estimate of drug-likeness (QED) is 0.379. The Bertz CT molecular complexity index is 493. The van der Waals surface area contributed by atoms with Gasteiger partial charge in [0.15, 0.2) is 0 Å². The van der Waals surface area contributed by atoms with Crippen LogP contribution in [0.15, 0.2) is 23.2 Å². The number of pyridine rings is 1. The van der Waals surface area contributed by atoms with Crippen molar-refractivity contribution in [3.8, 4) is 0 Å². The fourth-order valence-electron chi connectivity index (χ4n) is 1.45. The molecule has 1 aromatic rings. The van der Waals surface area contributed by atoms with Gasteiger partial charge in [0, 0.05) is 18.3 Å². The average Bonchev–Trinajstić information content (AvgIpc) is 2.38. The Morgan fingerprint density at radius 2 is 2.26 bits per heavy atom. The number of hydrazine groups is 1. The lowest BCUT2D eigenvalue weighted by Gasteiger charge is -2.14. The largest absolute Gasteiger partial charge is 0.308 e. The van der Waals surface area contributed by atoms with Crippen molar-refractivity contribution in [2.75, 3.05) is 16.9 Å². The highest BCUT2D eigenvalue weighted by Gasteiger charge is 2.17. The Labute approximate surface area is 118 Å². The summed E-state index contributed by atoms with van der Waals surface area (Å²) in [6.45, 7) is 3.94. The number of hydrogen-bond donors (Lipinski definition) is 3. The van der Waals surface area contributed by atoms with Gasteiger partial charge in [0.2, 0.25) is 10.0 Å². The summed E-state index contributed by atoms with van der Waals surface area (Å²) < 4.78 is 26.9. The van der Waals surface area contributed by atoms with Crippen LogP contribution in [0, 0.1) is 0 Å². The van der Waals surface area contributed by atoms with Gasteiger partial charge < -0.3 is 5.43 Å². The molecule has 0 fully saturated rings. The van der Waals surface area contributed by atoms with E-state index in [0.29, 0.717) is 5.82 Å². The van der Waals surface area contributed by atoms with E-state index >= 15 is 0 Å². The SMILES string of the molecule is CCSCCC(C)NS(=O)(=O)c1ccnc(NN)c1. The zero-order valence-electron chi connectivity index (χ0n) is 11.1. The van der Waals surface area contributed by atoms with E-state index < -0.39 is 10.0 Å². The van der Waals surface area contributed by atoms with Crippen molar-refractivity contribution in [1.29, 1.82) is 0 Å². The molecule has 0 aromatic carbocycles. The van der Waals surface area contributed by atoms with Crippen molar-refractivity contribution >= 4 is 27.6 Å².